The average molecular weight is 306 g/mol. The minimum atomic E-state index is -0.344. The number of carbonyl (C=O) groups is 1. The molecule has 2 aromatic carbocycles. The summed E-state index contributed by atoms with van der Waals surface area (Å²) in [6.07, 6.45) is 0. The number of hydrogen-bond donors (Lipinski definition) is 1. The van der Waals surface area contributed by atoms with Crippen LogP contribution >= 0.6 is 11.6 Å². The minimum Gasteiger partial charge on any atom is -0.495 e. The lowest BCUT2D eigenvalue weighted by Crippen LogP contribution is -2.02. The van der Waals surface area contributed by atoms with E-state index in [1.54, 1.807) is 19.2 Å². The number of benzene rings is 2. The molecule has 0 aliphatic heterocycles. The minimum absolute atomic E-state index is 0.344. The number of carbonyl (C=O) groups excluding carboxylic acids is 1. The molecule has 0 aromatic heterocycles. The van der Waals surface area contributed by atoms with Crippen molar-refractivity contribution in [2.45, 2.75) is 6.54 Å². The van der Waals surface area contributed by atoms with Crippen molar-refractivity contribution in [3.8, 4) is 5.75 Å². The zero-order chi connectivity index (χ0) is 15.2. The van der Waals surface area contributed by atoms with Crippen molar-refractivity contribution in [2.24, 2.45) is 0 Å². The number of anilines is 1. The summed E-state index contributed by atoms with van der Waals surface area (Å²) in [7, 11) is 2.95. The van der Waals surface area contributed by atoms with Crippen LogP contribution in [0.25, 0.3) is 0 Å². The van der Waals surface area contributed by atoms with Crippen LogP contribution in [0.5, 0.6) is 5.75 Å². The molecule has 0 bridgehead atoms. The first kappa shape index (κ1) is 15.2. The maximum absolute atomic E-state index is 11.3. The summed E-state index contributed by atoms with van der Waals surface area (Å²) in [6, 6.07) is 12.7. The number of methoxy groups -OCH3 is 2. The van der Waals surface area contributed by atoms with Gasteiger partial charge in [-0.1, -0.05) is 17.7 Å². The summed E-state index contributed by atoms with van der Waals surface area (Å²) < 4.78 is 9.77. The van der Waals surface area contributed by atoms with Gasteiger partial charge in [-0.3, -0.25) is 0 Å². The van der Waals surface area contributed by atoms with E-state index in [-0.39, 0.29) is 5.97 Å². The van der Waals surface area contributed by atoms with E-state index in [9.17, 15) is 4.79 Å². The van der Waals surface area contributed by atoms with Crippen molar-refractivity contribution in [3.05, 3.63) is 58.6 Å². The van der Waals surface area contributed by atoms with Crippen molar-refractivity contribution in [2.75, 3.05) is 19.5 Å². The van der Waals surface area contributed by atoms with E-state index in [4.69, 9.17) is 16.3 Å². The second-order valence-electron chi connectivity index (χ2n) is 4.39. The Morgan fingerprint density at radius 3 is 2.43 bits per heavy atom. The summed E-state index contributed by atoms with van der Waals surface area (Å²) >= 11 is 6.08. The molecule has 0 aliphatic rings. The fourth-order valence-corrected chi connectivity index (χ4v) is 2.15. The van der Waals surface area contributed by atoms with Gasteiger partial charge in [0.05, 0.1) is 24.8 Å². The summed E-state index contributed by atoms with van der Waals surface area (Å²) in [4.78, 5) is 11.3. The molecular formula is C16H16ClNO3. The number of rotatable bonds is 5. The van der Waals surface area contributed by atoms with E-state index in [0.29, 0.717) is 22.9 Å². The standard InChI is InChI=1S/C16H16ClNO3/c1-20-15-8-3-11(9-14(15)17)10-18-13-6-4-12(5-7-13)16(19)21-2/h3-9,18H,10H2,1-2H3. The monoisotopic (exact) mass is 305 g/mol. The average Bonchev–Trinajstić information content (AvgIpc) is 2.52. The molecule has 2 rings (SSSR count). The number of halogens is 1. The summed E-state index contributed by atoms with van der Waals surface area (Å²) in [5.74, 6) is 0.311. The van der Waals surface area contributed by atoms with Crippen molar-refractivity contribution in [3.63, 3.8) is 0 Å². The topological polar surface area (TPSA) is 47.6 Å². The third-order valence-electron chi connectivity index (χ3n) is 3.02. The van der Waals surface area contributed by atoms with Gasteiger partial charge < -0.3 is 14.8 Å². The number of hydrogen-bond acceptors (Lipinski definition) is 4. The number of ether oxygens (including phenoxy) is 2. The highest BCUT2D eigenvalue weighted by Gasteiger charge is 2.05. The predicted octanol–water partition coefficient (Wildman–Crippen LogP) is 3.75. The van der Waals surface area contributed by atoms with E-state index < -0.39 is 0 Å². The quantitative estimate of drug-likeness (QED) is 0.855. The molecule has 0 atom stereocenters. The Hall–Kier alpha value is -2.20. The Kier molecular flexibility index (Phi) is 5.06. The van der Waals surface area contributed by atoms with E-state index in [1.807, 2.05) is 30.3 Å². The smallest absolute Gasteiger partial charge is 0.337 e. The van der Waals surface area contributed by atoms with Gasteiger partial charge in [-0.05, 0) is 42.0 Å². The first-order valence-electron chi connectivity index (χ1n) is 6.38. The van der Waals surface area contributed by atoms with Crippen LogP contribution in [-0.2, 0) is 11.3 Å². The lowest BCUT2D eigenvalue weighted by molar-refractivity contribution is 0.0601. The van der Waals surface area contributed by atoms with Crippen LogP contribution in [0.15, 0.2) is 42.5 Å². The van der Waals surface area contributed by atoms with Crippen LogP contribution in [0.1, 0.15) is 15.9 Å². The molecular weight excluding hydrogens is 290 g/mol. The molecule has 110 valence electrons. The molecule has 21 heavy (non-hydrogen) atoms. The SMILES string of the molecule is COC(=O)c1ccc(NCc2ccc(OC)c(Cl)c2)cc1. The maximum atomic E-state index is 11.3. The molecule has 5 heteroatoms. The molecule has 1 N–H and O–H groups in total. The fraction of sp³-hybridized carbons (Fsp3) is 0.188. The lowest BCUT2D eigenvalue weighted by atomic mass is 10.2. The largest absolute Gasteiger partial charge is 0.495 e. The van der Waals surface area contributed by atoms with Crippen LogP contribution in [0.4, 0.5) is 5.69 Å². The molecule has 0 heterocycles. The summed E-state index contributed by atoms with van der Waals surface area (Å²) in [5.41, 5.74) is 2.47. The van der Waals surface area contributed by atoms with Crippen molar-refractivity contribution >= 4 is 23.3 Å². The first-order valence-corrected chi connectivity index (χ1v) is 6.76. The van der Waals surface area contributed by atoms with Crippen molar-refractivity contribution < 1.29 is 14.3 Å². The Bertz CT molecular complexity index is 626. The van der Waals surface area contributed by atoms with Gasteiger partial charge in [0.2, 0.25) is 0 Å². The van der Waals surface area contributed by atoms with Gasteiger partial charge in [0.1, 0.15) is 5.75 Å². The van der Waals surface area contributed by atoms with Crippen LogP contribution in [0.3, 0.4) is 0 Å². The lowest BCUT2D eigenvalue weighted by Gasteiger charge is -2.09. The summed E-state index contributed by atoms with van der Waals surface area (Å²) in [5, 5.41) is 3.84. The van der Waals surface area contributed by atoms with Crippen molar-refractivity contribution in [1.29, 1.82) is 0 Å². The van der Waals surface area contributed by atoms with Crippen molar-refractivity contribution in [1.82, 2.24) is 0 Å². The fourth-order valence-electron chi connectivity index (χ4n) is 1.87. The normalized spacial score (nSPS) is 10.0. The Balaban J connectivity index is 1.99. The molecule has 0 saturated heterocycles. The van der Waals surface area contributed by atoms with Gasteiger partial charge >= 0.3 is 5.97 Å². The predicted molar refractivity (Wildman–Crippen MR) is 83.1 cm³/mol. The van der Waals surface area contributed by atoms with Gasteiger partial charge in [-0.2, -0.15) is 0 Å². The molecule has 0 spiro atoms. The molecule has 0 saturated carbocycles. The maximum Gasteiger partial charge on any atom is 0.337 e. The third-order valence-corrected chi connectivity index (χ3v) is 3.31. The first-order chi connectivity index (χ1) is 10.1. The molecule has 2 aromatic rings. The second-order valence-corrected chi connectivity index (χ2v) is 4.80. The molecule has 0 amide bonds. The molecule has 0 fully saturated rings. The van der Waals surface area contributed by atoms with Gasteiger partial charge in [0, 0.05) is 12.2 Å². The Morgan fingerprint density at radius 1 is 1.14 bits per heavy atom. The summed E-state index contributed by atoms with van der Waals surface area (Å²) in [6.45, 7) is 0.626. The van der Waals surface area contributed by atoms with Gasteiger partial charge in [-0.25, -0.2) is 4.79 Å². The molecule has 0 unspecified atom stereocenters. The molecule has 4 nitrogen and oxygen atoms in total. The van der Waals surface area contributed by atoms with Gasteiger partial charge in [0.25, 0.3) is 0 Å². The van der Waals surface area contributed by atoms with Crippen LogP contribution < -0.4 is 10.1 Å². The third kappa shape index (κ3) is 3.89. The Morgan fingerprint density at radius 2 is 1.86 bits per heavy atom. The zero-order valence-electron chi connectivity index (χ0n) is 11.9. The highest BCUT2D eigenvalue weighted by Crippen LogP contribution is 2.25. The second kappa shape index (κ2) is 6.99. The molecule has 0 aliphatic carbocycles. The zero-order valence-corrected chi connectivity index (χ0v) is 12.6. The van der Waals surface area contributed by atoms with E-state index in [0.717, 1.165) is 11.3 Å². The van der Waals surface area contributed by atoms with Gasteiger partial charge in [-0.15, -0.1) is 0 Å². The number of nitrogens with one attached hydrogen (secondary N) is 1. The van der Waals surface area contributed by atoms with Gasteiger partial charge in [0.15, 0.2) is 0 Å². The highest BCUT2D eigenvalue weighted by atomic mass is 35.5. The highest BCUT2D eigenvalue weighted by molar-refractivity contribution is 6.32. The van der Waals surface area contributed by atoms with E-state index in [1.165, 1.54) is 7.11 Å². The van der Waals surface area contributed by atoms with E-state index >= 15 is 0 Å². The van der Waals surface area contributed by atoms with E-state index in [2.05, 4.69) is 10.1 Å². The molecule has 0 radical (unpaired) electrons. The Labute approximate surface area is 128 Å². The number of esters is 1. The van der Waals surface area contributed by atoms with Crippen LogP contribution in [0.2, 0.25) is 5.02 Å². The van der Waals surface area contributed by atoms with Crippen LogP contribution in [-0.4, -0.2) is 20.2 Å². The van der Waals surface area contributed by atoms with Crippen LogP contribution in [0, 0.1) is 0 Å².